The first kappa shape index (κ1) is 38.3. The van der Waals surface area contributed by atoms with Gasteiger partial charge in [0.05, 0.1) is 10.4 Å². The molecule has 0 radical (unpaired) electrons. The van der Waals surface area contributed by atoms with Crippen LogP contribution in [0.4, 0.5) is 29.7 Å². The van der Waals surface area contributed by atoms with Crippen LogP contribution in [0.5, 0.6) is 0 Å². The monoisotopic (exact) mass is 696 g/mol. The van der Waals surface area contributed by atoms with E-state index in [2.05, 4.69) is 20.7 Å². The number of sulfonamides is 1. The maximum atomic E-state index is 12.6. The number of anilines is 2. The molecule has 1 heterocycles. The molecule has 4 rings (SSSR count). The van der Waals surface area contributed by atoms with Crippen LogP contribution < -0.4 is 20.7 Å². The zero-order chi connectivity index (χ0) is 35.5. The summed E-state index contributed by atoms with van der Waals surface area (Å²) in [5, 5.41) is 17.5. The highest BCUT2D eigenvalue weighted by molar-refractivity contribution is 7.89. The van der Waals surface area contributed by atoms with Gasteiger partial charge in [0.25, 0.3) is 0 Å². The summed E-state index contributed by atoms with van der Waals surface area (Å²) in [6.45, 7) is 9.51. The summed E-state index contributed by atoms with van der Waals surface area (Å²) in [6, 6.07) is 14.7. The van der Waals surface area contributed by atoms with E-state index in [4.69, 9.17) is 24.6 Å². The van der Waals surface area contributed by atoms with E-state index in [1.54, 1.807) is 12.1 Å². The molecule has 1 aliphatic rings. The Hall–Kier alpha value is -4.18. The van der Waals surface area contributed by atoms with E-state index in [1.807, 2.05) is 64.1 Å². The van der Waals surface area contributed by atoms with E-state index in [-0.39, 0.29) is 0 Å². The Bertz CT molecular complexity index is 1620. The second-order valence-electron chi connectivity index (χ2n) is 12.5. The van der Waals surface area contributed by atoms with Crippen molar-refractivity contribution in [3.63, 3.8) is 0 Å². The van der Waals surface area contributed by atoms with E-state index in [0.717, 1.165) is 48.7 Å². The summed E-state index contributed by atoms with van der Waals surface area (Å²) < 4.78 is 65.1. The highest BCUT2D eigenvalue weighted by Crippen LogP contribution is 2.29. The van der Waals surface area contributed by atoms with Crippen LogP contribution in [0.3, 0.4) is 0 Å². The second-order valence-corrected chi connectivity index (χ2v) is 14.3. The molecule has 0 unspecified atom stereocenters. The van der Waals surface area contributed by atoms with Gasteiger partial charge in [-0.1, -0.05) is 29.8 Å². The summed E-state index contributed by atoms with van der Waals surface area (Å²) in [4.78, 5) is 30.5. The smallest absolute Gasteiger partial charge is 0.475 e. The Morgan fingerprint density at radius 3 is 2.06 bits per heavy atom. The molecule has 2 aromatic carbocycles. The van der Waals surface area contributed by atoms with Crippen LogP contribution in [0.1, 0.15) is 52.0 Å². The Kier molecular flexibility index (Phi) is 13.4. The van der Waals surface area contributed by atoms with Gasteiger partial charge in [0, 0.05) is 31.6 Å². The third kappa shape index (κ3) is 12.8. The Morgan fingerprint density at radius 1 is 0.896 bits per heavy atom. The lowest BCUT2D eigenvalue weighted by Crippen LogP contribution is -2.35. The molecule has 0 aliphatic heterocycles. The number of nitrogens with one attached hydrogen (secondary N) is 4. The molecule has 1 aliphatic carbocycles. The average molecular weight is 697 g/mol. The molecule has 0 bridgehead atoms. The standard InChI is InChI=1S/C30H42N6O4S.C2HF3O2/c1-21-9-15-24(16-10-21)41(38,39)34-20-23-13-11-22(12-14-23)19-33-28-35-26-8-6-5-7-25(26)27(36-28)31-17-18-32-29(37)40-30(2,3)4;3-2(4,5)1(6)7/h5-10,15-16,22-23,34H,11-14,17-20H2,1-4H3,(H,32,37)(H2,31,33,35,36);(H,6,7). The third-order valence-corrected chi connectivity index (χ3v) is 8.78. The number of para-hydroxylation sites is 1. The van der Waals surface area contributed by atoms with Crippen LogP contribution in [0.25, 0.3) is 10.9 Å². The maximum absolute atomic E-state index is 12.6. The summed E-state index contributed by atoms with van der Waals surface area (Å²) >= 11 is 0. The topological polar surface area (TPSA) is 172 Å². The molecule has 3 aromatic rings. The number of rotatable bonds is 11. The second kappa shape index (κ2) is 16.8. The van der Waals surface area contributed by atoms with Crippen molar-refractivity contribution in [3.8, 4) is 0 Å². The fraction of sp³-hybridized carbons (Fsp3) is 0.500. The van der Waals surface area contributed by atoms with E-state index >= 15 is 0 Å². The average Bonchev–Trinajstić information content (AvgIpc) is 3.01. The number of carboxylic acid groups (broad SMARTS) is 1. The van der Waals surface area contributed by atoms with Gasteiger partial charge in [-0.05, 0) is 89.5 Å². The lowest BCUT2D eigenvalue weighted by atomic mass is 9.82. The number of aromatic nitrogens is 2. The van der Waals surface area contributed by atoms with Crippen molar-refractivity contribution in [2.45, 2.75) is 70.1 Å². The van der Waals surface area contributed by atoms with Gasteiger partial charge in [0.15, 0.2) is 0 Å². The quantitative estimate of drug-likeness (QED) is 0.157. The molecule has 1 saturated carbocycles. The molecule has 0 spiro atoms. The molecule has 1 fully saturated rings. The highest BCUT2D eigenvalue weighted by Gasteiger charge is 2.38. The van der Waals surface area contributed by atoms with Crippen molar-refractivity contribution in [1.82, 2.24) is 20.0 Å². The van der Waals surface area contributed by atoms with Gasteiger partial charge in [-0.25, -0.2) is 27.7 Å². The van der Waals surface area contributed by atoms with Gasteiger partial charge < -0.3 is 25.8 Å². The summed E-state index contributed by atoms with van der Waals surface area (Å²) in [5.74, 6) is -0.710. The summed E-state index contributed by atoms with van der Waals surface area (Å²) in [6.07, 6.45) is -1.57. The van der Waals surface area contributed by atoms with Crippen molar-refractivity contribution >= 4 is 44.8 Å². The molecular weight excluding hydrogens is 653 g/mol. The van der Waals surface area contributed by atoms with Crippen LogP contribution >= 0.6 is 0 Å². The number of fused-ring (bicyclic) bond motifs is 1. The predicted octanol–water partition coefficient (Wildman–Crippen LogP) is 5.70. The van der Waals surface area contributed by atoms with Gasteiger partial charge in [-0.3, -0.25) is 0 Å². The number of alkyl halides is 3. The fourth-order valence-electron chi connectivity index (χ4n) is 4.85. The lowest BCUT2D eigenvalue weighted by Gasteiger charge is -2.28. The number of benzene rings is 2. The molecule has 5 N–H and O–H groups in total. The zero-order valence-corrected chi connectivity index (χ0v) is 28.2. The molecule has 0 saturated heterocycles. The highest BCUT2D eigenvalue weighted by atomic mass is 32.2. The maximum Gasteiger partial charge on any atom is 0.490 e. The fourth-order valence-corrected chi connectivity index (χ4v) is 5.97. The number of aliphatic carboxylic acids is 1. The number of carbonyl (C=O) groups is 2. The van der Waals surface area contributed by atoms with Crippen LogP contribution in [0.2, 0.25) is 0 Å². The van der Waals surface area contributed by atoms with Gasteiger partial charge >= 0.3 is 18.2 Å². The first-order chi connectivity index (χ1) is 22.4. The first-order valence-corrected chi connectivity index (χ1v) is 17.0. The van der Waals surface area contributed by atoms with Gasteiger partial charge in [-0.15, -0.1) is 0 Å². The molecule has 16 heteroatoms. The lowest BCUT2D eigenvalue weighted by molar-refractivity contribution is -0.192. The van der Waals surface area contributed by atoms with E-state index in [1.165, 1.54) is 0 Å². The number of carboxylic acids is 1. The van der Waals surface area contributed by atoms with Crippen LogP contribution in [0, 0.1) is 18.8 Å². The van der Waals surface area contributed by atoms with Crippen LogP contribution in [-0.4, -0.2) is 73.5 Å². The minimum Gasteiger partial charge on any atom is -0.475 e. The van der Waals surface area contributed by atoms with Crippen molar-refractivity contribution in [2.75, 3.05) is 36.8 Å². The van der Waals surface area contributed by atoms with Gasteiger partial charge in [0.1, 0.15) is 11.4 Å². The number of halogens is 3. The van der Waals surface area contributed by atoms with Crippen molar-refractivity contribution < 1.29 is 41.0 Å². The Labute approximate surface area is 278 Å². The molecule has 48 heavy (non-hydrogen) atoms. The Balaban J connectivity index is 0.000000804. The first-order valence-electron chi connectivity index (χ1n) is 15.5. The van der Waals surface area contributed by atoms with E-state index in [9.17, 15) is 26.4 Å². The molecule has 264 valence electrons. The number of hydrogen-bond acceptors (Lipinski definition) is 9. The Morgan fingerprint density at radius 2 is 1.48 bits per heavy atom. The number of carbonyl (C=O) groups excluding carboxylic acids is 1. The normalized spacial score (nSPS) is 16.7. The van der Waals surface area contributed by atoms with E-state index < -0.39 is 33.9 Å². The minimum absolute atomic E-state index is 0.310. The van der Waals surface area contributed by atoms with Crippen LogP contribution in [-0.2, 0) is 19.6 Å². The molecule has 0 atom stereocenters. The number of hydrogen-bond donors (Lipinski definition) is 5. The van der Waals surface area contributed by atoms with E-state index in [0.29, 0.717) is 48.1 Å². The number of alkyl carbamates (subject to hydrolysis) is 1. The van der Waals surface area contributed by atoms with Crippen molar-refractivity contribution in [3.05, 3.63) is 54.1 Å². The number of nitrogens with zero attached hydrogens (tertiary/aromatic N) is 2. The van der Waals surface area contributed by atoms with Crippen LogP contribution in [0.15, 0.2) is 53.4 Å². The SMILES string of the molecule is Cc1ccc(S(=O)(=O)NCC2CCC(CNc3nc(NCCNC(=O)OC(C)(C)C)c4ccccc4n3)CC2)cc1.O=C(O)C(F)(F)F. The number of aryl methyl sites for hydroxylation is 1. The zero-order valence-electron chi connectivity index (χ0n) is 27.4. The predicted molar refractivity (Wildman–Crippen MR) is 176 cm³/mol. The summed E-state index contributed by atoms with van der Waals surface area (Å²) in [7, 11) is -3.49. The van der Waals surface area contributed by atoms with Gasteiger partial charge in [-0.2, -0.15) is 18.2 Å². The van der Waals surface area contributed by atoms with Crippen molar-refractivity contribution in [2.24, 2.45) is 11.8 Å². The van der Waals surface area contributed by atoms with Gasteiger partial charge in [0.2, 0.25) is 16.0 Å². The molecule has 12 nitrogen and oxygen atoms in total. The number of amides is 1. The molecule has 1 amide bonds. The molecule has 1 aromatic heterocycles. The van der Waals surface area contributed by atoms with Crippen molar-refractivity contribution in [1.29, 1.82) is 0 Å². The third-order valence-electron chi connectivity index (χ3n) is 7.34. The summed E-state index contributed by atoms with van der Waals surface area (Å²) in [5.41, 5.74) is 1.32. The largest absolute Gasteiger partial charge is 0.490 e. The minimum atomic E-state index is -5.08. The molecular formula is C32H43F3N6O6S. The number of ether oxygens (including phenoxy) is 1.